The summed E-state index contributed by atoms with van der Waals surface area (Å²) in [5.74, 6) is -0.832. The Morgan fingerprint density at radius 1 is 1.44 bits per heavy atom. The number of nitrogens with one attached hydrogen (secondary N) is 1. The van der Waals surface area contributed by atoms with Gasteiger partial charge in [-0.2, -0.15) is 0 Å². The van der Waals surface area contributed by atoms with Crippen molar-refractivity contribution in [3.05, 3.63) is 16.3 Å². The molecular weight excluding hydrogens is 254 g/mol. The average molecular weight is 271 g/mol. The van der Waals surface area contributed by atoms with E-state index in [9.17, 15) is 9.59 Å². The molecule has 1 unspecified atom stereocenters. The predicted molar refractivity (Wildman–Crippen MR) is 69.3 cm³/mol. The average Bonchev–Trinajstić information content (AvgIpc) is 2.63. The molecule has 6 heteroatoms. The maximum Gasteiger partial charge on any atom is 0.346 e. The molecule has 0 bridgehead atoms. The van der Waals surface area contributed by atoms with E-state index in [1.807, 2.05) is 20.8 Å². The molecule has 1 aromatic rings. The minimum absolute atomic E-state index is 0.188. The highest BCUT2D eigenvalue weighted by atomic mass is 32.1. The molecule has 0 aliphatic carbocycles. The number of thiophene rings is 1. The molecule has 0 saturated carbocycles. The summed E-state index contributed by atoms with van der Waals surface area (Å²) in [5.41, 5.74) is -0.324. The van der Waals surface area contributed by atoms with Crippen LogP contribution in [0.4, 0.5) is 0 Å². The second-order valence-electron chi connectivity index (χ2n) is 4.95. The summed E-state index contributed by atoms with van der Waals surface area (Å²) >= 11 is 1.07. The first-order valence-electron chi connectivity index (χ1n) is 5.49. The molecule has 1 aromatic heterocycles. The van der Waals surface area contributed by atoms with Gasteiger partial charge in [0.25, 0.3) is 5.91 Å². The molecule has 0 radical (unpaired) electrons. The smallest absolute Gasteiger partial charge is 0.346 e. The summed E-state index contributed by atoms with van der Waals surface area (Å²) in [6.45, 7) is 7.26. The van der Waals surface area contributed by atoms with Crippen LogP contribution in [-0.4, -0.2) is 28.6 Å². The third kappa shape index (κ3) is 4.37. The Balaban J connectivity index is 2.61. The standard InChI is InChI=1S/C12H17NO4S/c1-7(10(14)13-12(2,3)4)17-8-5-9(11(15)16)18-6-8/h5-7H,1-4H3,(H,13,14)(H,15,16). The fourth-order valence-electron chi connectivity index (χ4n) is 1.22. The van der Waals surface area contributed by atoms with E-state index in [1.54, 1.807) is 12.3 Å². The molecule has 100 valence electrons. The van der Waals surface area contributed by atoms with Gasteiger partial charge in [0.05, 0.1) is 0 Å². The second kappa shape index (κ2) is 5.39. The predicted octanol–water partition coefficient (Wildman–Crippen LogP) is 2.13. The fourth-order valence-corrected chi connectivity index (χ4v) is 1.87. The van der Waals surface area contributed by atoms with Crippen molar-refractivity contribution >= 4 is 23.2 Å². The molecule has 0 aliphatic rings. The van der Waals surface area contributed by atoms with Gasteiger partial charge in [0.1, 0.15) is 10.6 Å². The van der Waals surface area contributed by atoms with Gasteiger partial charge >= 0.3 is 5.97 Å². The van der Waals surface area contributed by atoms with Crippen LogP contribution in [0.2, 0.25) is 0 Å². The molecule has 0 fully saturated rings. The van der Waals surface area contributed by atoms with Crippen molar-refractivity contribution in [2.24, 2.45) is 0 Å². The molecule has 1 heterocycles. The van der Waals surface area contributed by atoms with E-state index in [0.717, 1.165) is 11.3 Å². The number of hydrogen-bond acceptors (Lipinski definition) is 4. The van der Waals surface area contributed by atoms with Crippen LogP contribution in [0.1, 0.15) is 37.4 Å². The molecule has 18 heavy (non-hydrogen) atoms. The molecule has 1 rings (SSSR count). The van der Waals surface area contributed by atoms with Gasteiger partial charge in [0.2, 0.25) is 0 Å². The number of carbonyl (C=O) groups is 2. The van der Waals surface area contributed by atoms with E-state index < -0.39 is 12.1 Å². The lowest BCUT2D eigenvalue weighted by atomic mass is 10.1. The summed E-state index contributed by atoms with van der Waals surface area (Å²) in [6, 6.07) is 1.41. The Hall–Kier alpha value is -1.56. The monoisotopic (exact) mass is 271 g/mol. The van der Waals surface area contributed by atoms with E-state index in [4.69, 9.17) is 9.84 Å². The Morgan fingerprint density at radius 2 is 2.06 bits per heavy atom. The number of hydrogen-bond donors (Lipinski definition) is 2. The molecule has 1 atom stereocenters. The highest BCUT2D eigenvalue weighted by Crippen LogP contribution is 2.22. The zero-order chi connectivity index (χ0) is 13.9. The summed E-state index contributed by atoms with van der Waals surface area (Å²) < 4.78 is 5.39. The van der Waals surface area contributed by atoms with E-state index in [2.05, 4.69) is 5.32 Å². The minimum Gasteiger partial charge on any atom is -0.480 e. The summed E-state index contributed by atoms with van der Waals surface area (Å²) in [6.07, 6.45) is -0.666. The van der Waals surface area contributed by atoms with Gasteiger partial charge in [-0.25, -0.2) is 4.79 Å². The maximum absolute atomic E-state index is 11.8. The lowest BCUT2D eigenvalue weighted by Gasteiger charge is -2.23. The first-order valence-corrected chi connectivity index (χ1v) is 6.37. The highest BCUT2D eigenvalue weighted by Gasteiger charge is 2.21. The lowest BCUT2D eigenvalue weighted by Crippen LogP contribution is -2.46. The summed E-state index contributed by atoms with van der Waals surface area (Å²) in [7, 11) is 0. The van der Waals surface area contributed by atoms with Crippen LogP contribution in [-0.2, 0) is 4.79 Å². The number of carboxylic acid groups (broad SMARTS) is 1. The number of carbonyl (C=O) groups excluding carboxylic acids is 1. The fraction of sp³-hybridized carbons (Fsp3) is 0.500. The first kappa shape index (κ1) is 14.5. The minimum atomic E-state index is -0.998. The molecule has 0 aliphatic heterocycles. The van der Waals surface area contributed by atoms with Crippen molar-refractivity contribution < 1.29 is 19.4 Å². The van der Waals surface area contributed by atoms with Crippen LogP contribution in [0.3, 0.4) is 0 Å². The largest absolute Gasteiger partial charge is 0.480 e. The van der Waals surface area contributed by atoms with Gasteiger partial charge < -0.3 is 15.2 Å². The zero-order valence-corrected chi connectivity index (χ0v) is 11.6. The van der Waals surface area contributed by atoms with Crippen molar-refractivity contribution in [2.75, 3.05) is 0 Å². The van der Waals surface area contributed by atoms with Crippen LogP contribution in [0.15, 0.2) is 11.4 Å². The number of ether oxygens (including phenoxy) is 1. The first-order chi connectivity index (χ1) is 8.19. The van der Waals surface area contributed by atoms with Crippen molar-refractivity contribution in [3.63, 3.8) is 0 Å². The SMILES string of the molecule is CC(Oc1csc(C(=O)O)c1)C(=O)NC(C)(C)C. The van der Waals surface area contributed by atoms with E-state index in [1.165, 1.54) is 6.07 Å². The number of aromatic carboxylic acids is 1. The quantitative estimate of drug-likeness (QED) is 0.879. The van der Waals surface area contributed by atoms with Crippen molar-refractivity contribution in [1.82, 2.24) is 5.32 Å². The number of amides is 1. The van der Waals surface area contributed by atoms with Gasteiger partial charge in [0.15, 0.2) is 6.10 Å². The van der Waals surface area contributed by atoms with Gasteiger partial charge in [-0.05, 0) is 27.7 Å². The van der Waals surface area contributed by atoms with E-state index in [0.29, 0.717) is 5.75 Å². The molecule has 1 amide bonds. The van der Waals surface area contributed by atoms with E-state index in [-0.39, 0.29) is 16.3 Å². The third-order valence-corrected chi connectivity index (χ3v) is 2.86. The molecular formula is C12H17NO4S. The van der Waals surface area contributed by atoms with Gasteiger partial charge in [0, 0.05) is 17.0 Å². The normalized spacial score (nSPS) is 12.9. The van der Waals surface area contributed by atoms with E-state index >= 15 is 0 Å². The molecule has 5 nitrogen and oxygen atoms in total. The topological polar surface area (TPSA) is 75.6 Å². The van der Waals surface area contributed by atoms with Crippen molar-refractivity contribution in [2.45, 2.75) is 39.3 Å². The highest BCUT2D eigenvalue weighted by molar-refractivity contribution is 7.12. The van der Waals surface area contributed by atoms with Crippen LogP contribution in [0, 0.1) is 0 Å². The molecule has 0 aromatic carbocycles. The Kier molecular flexibility index (Phi) is 4.34. The zero-order valence-electron chi connectivity index (χ0n) is 10.8. The van der Waals surface area contributed by atoms with Crippen LogP contribution >= 0.6 is 11.3 Å². The summed E-state index contributed by atoms with van der Waals surface area (Å²) in [4.78, 5) is 22.6. The second-order valence-corrected chi connectivity index (χ2v) is 5.86. The van der Waals surface area contributed by atoms with Gasteiger partial charge in [-0.1, -0.05) is 0 Å². The van der Waals surface area contributed by atoms with Gasteiger partial charge in [-0.3, -0.25) is 4.79 Å². The van der Waals surface area contributed by atoms with Crippen LogP contribution in [0.25, 0.3) is 0 Å². The third-order valence-electron chi connectivity index (χ3n) is 1.97. The van der Waals surface area contributed by atoms with Crippen LogP contribution in [0.5, 0.6) is 5.75 Å². The molecule has 0 saturated heterocycles. The van der Waals surface area contributed by atoms with Crippen molar-refractivity contribution in [1.29, 1.82) is 0 Å². The molecule has 2 N–H and O–H groups in total. The Morgan fingerprint density at radius 3 is 2.50 bits per heavy atom. The summed E-state index contributed by atoms with van der Waals surface area (Å²) in [5, 5.41) is 13.1. The van der Waals surface area contributed by atoms with Crippen molar-refractivity contribution in [3.8, 4) is 5.75 Å². The maximum atomic E-state index is 11.8. The number of carboxylic acids is 1. The lowest BCUT2D eigenvalue weighted by molar-refractivity contribution is -0.128. The van der Waals surface area contributed by atoms with Crippen LogP contribution < -0.4 is 10.1 Å². The number of rotatable bonds is 4. The van der Waals surface area contributed by atoms with Gasteiger partial charge in [-0.15, -0.1) is 11.3 Å². The Labute approximate surface area is 110 Å². The Bertz CT molecular complexity index is 447. The molecule has 0 spiro atoms.